The lowest BCUT2D eigenvalue weighted by Gasteiger charge is -2.20. The van der Waals surface area contributed by atoms with Crippen LogP contribution in [0.3, 0.4) is 0 Å². The van der Waals surface area contributed by atoms with Crippen LogP contribution in [0.15, 0.2) is 30.6 Å². The van der Waals surface area contributed by atoms with Gasteiger partial charge in [-0.2, -0.15) is 0 Å². The molecule has 2 aromatic rings. The van der Waals surface area contributed by atoms with Crippen LogP contribution >= 0.6 is 11.6 Å². The number of ether oxygens (including phenoxy) is 1. The number of halogens is 2. The van der Waals surface area contributed by atoms with Gasteiger partial charge in [-0.3, -0.25) is 4.98 Å². The van der Waals surface area contributed by atoms with E-state index in [0.29, 0.717) is 23.7 Å². The first-order valence-corrected chi connectivity index (χ1v) is 6.59. The number of rotatable bonds is 5. The van der Waals surface area contributed by atoms with E-state index in [-0.39, 0.29) is 5.02 Å². The fourth-order valence-corrected chi connectivity index (χ4v) is 2.17. The second-order valence-corrected chi connectivity index (χ2v) is 4.49. The van der Waals surface area contributed by atoms with Crippen molar-refractivity contribution < 1.29 is 9.13 Å². The quantitative estimate of drug-likeness (QED) is 0.921. The van der Waals surface area contributed by atoms with E-state index in [4.69, 9.17) is 16.3 Å². The molecule has 1 N–H and O–H groups in total. The minimum absolute atomic E-state index is 0.0771. The number of methoxy groups -OCH3 is 1. The molecular weight excluding hydrogens is 281 g/mol. The van der Waals surface area contributed by atoms with Crippen LogP contribution in [0.5, 0.6) is 5.88 Å². The third kappa shape index (κ3) is 2.89. The third-order valence-electron chi connectivity index (χ3n) is 2.86. The number of hydrogen-bond acceptors (Lipinski definition) is 4. The van der Waals surface area contributed by atoms with Gasteiger partial charge in [0.25, 0.3) is 0 Å². The van der Waals surface area contributed by atoms with E-state index in [1.165, 1.54) is 19.4 Å². The van der Waals surface area contributed by atoms with Crippen molar-refractivity contribution >= 4 is 11.6 Å². The van der Waals surface area contributed by atoms with Gasteiger partial charge in [-0.05, 0) is 12.6 Å². The molecule has 2 rings (SSSR count). The van der Waals surface area contributed by atoms with Crippen molar-refractivity contribution in [2.24, 2.45) is 0 Å². The van der Waals surface area contributed by atoms with Crippen LogP contribution in [0.25, 0.3) is 0 Å². The van der Waals surface area contributed by atoms with Gasteiger partial charge in [-0.25, -0.2) is 9.37 Å². The number of nitrogens with one attached hydrogen (secondary N) is 1. The van der Waals surface area contributed by atoms with Gasteiger partial charge in [-0.15, -0.1) is 0 Å². The summed E-state index contributed by atoms with van der Waals surface area (Å²) in [6, 6.07) is 4.41. The van der Waals surface area contributed by atoms with E-state index in [1.807, 2.05) is 6.92 Å². The Balaban J connectivity index is 2.53. The molecule has 1 aromatic heterocycles. The first-order valence-electron chi connectivity index (χ1n) is 6.21. The van der Waals surface area contributed by atoms with Gasteiger partial charge in [0.15, 0.2) is 0 Å². The average molecular weight is 296 g/mol. The van der Waals surface area contributed by atoms with Gasteiger partial charge in [0.1, 0.15) is 11.5 Å². The first-order chi connectivity index (χ1) is 9.69. The van der Waals surface area contributed by atoms with Crippen molar-refractivity contribution in [1.82, 2.24) is 15.3 Å². The molecule has 6 heteroatoms. The van der Waals surface area contributed by atoms with Gasteiger partial charge >= 0.3 is 0 Å². The highest BCUT2D eigenvalue weighted by Gasteiger charge is 2.23. The number of hydrogen-bond donors (Lipinski definition) is 1. The average Bonchev–Trinajstić information content (AvgIpc) is 2.48. The molecule has 1 heterocycles. The van der Waals surface area contributed by atoms with Crippen molar-refractivity contribution in [3.05, 3.63) is 52.7 Å². The summed E-state index contributed by atoms with van der Waals surface area (Å²) in [6.07, 6.45) is 3.07. The summed E-state index contributed by atoms with van der Waals surface area (Å²) in [6.45, 7) is 2.56. The van der Waals surface area contributed by atoms with E-state index < -0.39 is 11.9 Å². The fourth-order valence-electron chi connectivity index (χ4n) is 1.99. The molecule has 1 aromatic carbocycles. The summed E-state index contributed by atoms with van der Waals surface area (Å²) in [5.41, 5.74) is 0.941. The Morgan fingerprint density at radius 1 is 1.35 bits per heavy atom. The van der Waals surface area contributed by atoms with Crippen LogP contribution in [0, 0.1) is 5.82 Å². The highest BCUT2D eigenvalue weighted by Crippen LogP contribution is 2.30. The van der Waals surface area contributed by atoms with Gasteiger partial charge < -0.3 is 10.1 Å². The minimum atomic E-state index is -0.470. The Labute approximate surface area is 122 Å². The molecule has 1 atom stereocenters. The fraction of sp³-hybridized carbons (Fsp3) is 0.286. The zero-order chi connectivity index (χ0) is 14.5. The Kier molecular flexibility index (Phi) is 4.87. The first kappa shape index (κ1) is 14.7. The number of aromatic nitrogens is 2. The molecule has 1 unspecified atom stereocenters. The number of nitrogens with zero attached hydrogens (tertiary/aromatic N) is 2. The smallest absolute Gasteiger partial charge is 0.237 e. The largest absolute Gasteiger partial charge is 0.480 e. The molecule has 20 heavy (non-hydrogen) atoms. The van der Waals surface area contributed by atoms with E-state index in [9.17, 15) is 4.39 Å². The highest BCUT2D eigenvalue weighted by atomic mass is 35.5. The van der Waals surface area contributed by atoms with E-state index in [2.05, 4.69) is 15.3 Å². The van der Waals surface area contributed by atoms with E-state index in [0.717, 1.165) is 0 Å². The SMILES string of the molecule is CCNC(c1cccc(Cl)c1F)c1nccnc1OC. The van der Waals surface area contributed by atoms with Gasteiger partial charge in [0.2, 0.25) is 5.88 Å². The van der Waals surface area contributed by atoms with Gasteiger partial charge in [-0.1, -0.05) is 30.7 Å². The second kappa shape index (κ2) is 6.63. The van der Waals surface area contributed by atoms with Crippen molar-refractivity contribution in [3.8, 4) is 5.88 Å². The minimum Gasteiger partial charge on any atom is -0.480 e. The van der Waals surface area contributed by atoms with E-state index >= 15 is 0 Å². The summed E-state index contributed by atoms with van der Waals surface area (Å²) < 4.78 is 19.4. The van der Waals surface area contributed by atoms with Crippen LogP contribution in [0.1, 0.15) is 24.2 Å². The number of benzene rings is 1. The van der Waals surface area contributed by atoms with Gasteiger partial charge in [0, 0.05) is 18.0 Å². The van der Waals surface area contributed by atoms with Gasteiger partial charge in [0.05, 0.1) is 18.2 Å². The lowest BCUT2D eigenvalue weighted by atomic mass is 10.0. The van der Waals surface area contributed by atoms with Crippen LogP contribution in [-0.4, -0.2) is 23.6 Å². The van der Waals surface area contributed by atoms with Crippen LogP contribution in [0.4, 0.5) is 4.39 Å². The molecule has 4 nitrogen and oxygen atoms in total. The monoisotopic (exact) mass is 295 g/mol. The second-order valence-electron chi connectivity index (χ2n) is 4.08. The maximum absolute atomic E-state index is 14.2. The summed E-state index contributed by atoms with van der Waals surface area (Å²) in [5.74, 6) is -0.106. The normalized spacial score (nSPS) is 12.2. The lowest BCUT2D eigenvalue weighted by molar-refractivity contribution is 0.382. The Morgan fingerprint density at radius 3 is 2.80 bits per heavy atom. The van der Waals surface area contributed by atoms with Crippen molar-refractivity contribution in [3.63, 3.8) is 0 Å². The van der Waals surface area contributed by atoms with Crippen LogP contribution < -0.4 is 10.1 Å². The van der Waals surface area contributed by atoms with Crippen molar-refractivity contribution in [2.45, 2.75) is 13.0 Å². The Morgan fingerprint density at radius 2 is 2.10 bits per heavy atom. The summed E-state index contributed by atoms with van der Waals surface area (Å²) in [7, 11) is 1.50. The van der Waals surface area contributed by atoms with E-state index in [1.54, 1.807) is 18.3 Å². The summed E-state index contributed by atoms with van der Waals surface area (Å²) in [4.78, 5) is 8.35. The van der Waals surface area contributed by atoms with Crippen molar-refractivity contribution in [1.29, 1.82) is 0 Å². The molecule has 0 fully saturated rings. The molecule has 0 aliphatic heterocycles. The molecular formula is C14H15ClFN3O. The molecule has 0 amide bonds. The topological polar surface area (TPSA) is 47.0 Å². The Hall–Kier alpha value is -1.72. The predicted molar refractivity (Wildman–Crippen MR) is 75.5 cm³/mol. The predicted octanol–water partition coefficient (Wildman–Crippen LogP) is 2.98. The molecule has 0 spiro atoms. The van der Waals surface area contributed by atoms with Crippen molar-refractivity contribution in [2.75, 3.05) is 13.7 Å². The highest BCUT2D eigenvalue weighted by molar-refractivity contribution is 6.30. The zero-order valence-corrected chi connectivity index (χ0v) is 12.0. The third-order valence-corrected chi connectivity index (χ3v) is 3.15. The Bertz CT molecular complexity index is 594. The molecule has 106 valence electrons. The molecule has 0 bridgehead atoms. The summed E-state index contributed by atoms with van der Waals surface area (Å²) >= 11 is 5.85. The lowest BCUT2D eigenvalue weighted by Crippen LogP contribution is -2.24. The van der Waals surface area contributed by atoms with Crippen LogP contribution in [-0.2, 0) is 0 Å². The molecule has 0 radical (unpaired) electrons. The maximum Gasteiger partial charge on any atom is 0.237 e. The zero-order valence-electron chi connectivity index (χ0n) is 11.2. The molecule has 0 aliphatic rings. The molecule has 0 aliphatic carbocycles. The standard InChI is InChI=1S/C14H15ClFN3O/c1-3-17-12(9-5-4-6-10(15)11(9)16)13-14(20-2)19-8-7-18-13/h4-8,12,17H,3H2,1-2H3. The maximum atomic E-state index is 14.2. The molecule has 0 saturated carbocycles. The van der Waals surface area contributed by atoms with Crippen LogP contribution in [0.2, 0.25) is 5.02 Å². The summed E-state index contributed by atoms with van der Waals surface area (Å²) in [5, 5.41) is 3.25. The molecule has 0 saturated heterocycles.